The Balaban J connectivity index is 2.18. The predicted molar refractivity (Wildman–Crippen MR) is 89.7 cm³/mol. The van der Waals surface area contributed by atoms with Gasteiger partial charge in [0.25, 0.3) is 5.82 Å². The normalized spacial score (nSPS) is 12.2. The molecule has 12 heteroatoms. The molecular formula is C16H12F4N4O3S. The van der Waals surface area contributed by atoms with E-state index in [1.807, 2.05) is 0 Å². The fourth-order valence-corrected chi connectivity index (χ4v) is 2.90. The van der Waals surface area contributed by atoms with Gasteiger partial charge in [0.05, 0.1) is 17.7 Å². The number of rotatable bonds is 4. The smallest absolute Gasteiger partial charge is 0.453 e. The second-order valence-electron chi connectivity index (χ2n) is 5.56. The van der Waals surface area contributed by atoms with E-state index < -0.39 is 27.8 Å². The van der Waals surface area contributed by atoms with Crippen LogP contribution in [0, 0.1) is 5.82 Å². The molecule has 0 saturated carbocycles. The molecule has 28 heavy (non-hydrogen) atoms. The quantitative estimate of drug-likeness (QED) is 0.660. The second kappa shape index (κ2) is 6.87. The van der Waals surface area contributed by atoms with E-state index in [0.717, 1.165) is 22.9 Å². The summed E-state index contributed by atoms with van der Waals surface area (Å²) in [5, 5.41) is 8.45. The number of hydrogen-bond acceptors (Lipinski definition) is 5. The SMILES string of the molecule is COc1ccc(-c2nc(C(F)(F)F)nn2-c2ccc(S(N)(=O)=O)cc2)cc1F. The number of primary sulfonamides is 1. The van der Waals surface area contributed by atoms with Crippen molar-refractivity contribution in [3.05, 3.63) is 54.1 Å². The molecule has 0 fully saturated rings. The van der Waals surface area contributed by atoms with Gasteiger partial charge in [0.1, 0.15) is 0 Å². The van der Waals surface area contributed by atoms with E-state index in [2.05, 4.69) is 10.1 Å². The van der Waals surface area contributed by atoms with Gasteiger partial charge in [0, 0.05) is 5.56 Å². The molecule has 0 aliphatic heterocycles. The van der Waals surface area contributed by atoms with Crippen molar-refractivity contribution in [1.29, 1.82) is 0 Å². The number of nitrogens with zero attached hydrogens (tertiary/aromatic N) is 3. The van der Waals surface area contributed by atoms with Crippen LogP contribution in [0.3, 0.4) is 0 Å². The second-order valence-corrected chi connectivity index (χ2v) is 7.12. The zero-order valence-electron chi connectivity index (χ0n) is 14.1. The first-order chi connectivity index (χ1) is 13.0. The summed E-state index contributed by atoms with van der Waals surface area (Å²) in [4.78, 5) is 3.24. The van der Waals surface area contributed by atoms with Gasteiger partial charge < -0.3 is 4.74 Å². The van der Waals surface area contributed by atoms with Crippen LogP contribution in [-0.2, 0) is 16.2 Å². The zero-order valence-corrected chi connectivity index (χ0v) is 14.9. The molecule has 3 rings (SSSR count). The number of alkyl halides is 3. The Labute approximate surface area is 156 Å². The molecule has 148 valence electrons. The Hall–Kier alpha value is -2.99. The molecule has 0 aliphatic rings. The molecular weight excluding hydrogens is 404 g/mol. The number of sulfonamides is 1. The minimum atomic E-state index is -4.84. The first-order valence-electron chi connectivity index (χ1n) is 7.52. The van der Waals surface area contributed by atoms with Crippen molar-refractivity contribution in [1.82, 2.24) is 14.8 Å². The molecule has 0 spiro atoms. The Kier molecular flexibility index (Phi) is 4.85. The third-order valence-corrected chi connectivity index (χ3v) is 4.61. The van der Waals surface area contributed by atoms with Gasteiger partial charge in [-0.15, -0.1) is 5.10 Å². The summed E-state index contributed by atoms with van der Waals surface area (Å²) in [6, 6.07) is 8.15. The molecule has 1 heterocycles. The first kappa shape index (κ1) is 19.8. The topological polar surface area (TPSA) is 100 Å². The van der Waals surface area contributed by atoms with E-state index in [0.29, 0.717) is 0 Å². The molecule has 0 radical (unpaired) electrons. The minimum Gasteiger partial charge on any atom is -0.494 e. The number of hydrogen-bond donors (Lipinski definition) is 1. The van der Waals surface area contributed by atoms with Crippen molar-refractivity contribution < 1.29 is 30.7 Å². The average Bonchev–Trinajstić information content (AvgIpc) is 3.07. The Morgan fingerprint density at radius 3 is 2.25 bits per heavy atom. The monoisotopic (exact) mass is 416 g/mol. The zero-order chi connectivity index (χ0) is 20.7. The summed E-state index contributed by atoms with van der Waals surface area (Å²) >= 11 is 0. The number of aromatic nitrogens is 3. The molecule has 0 atom stereocenters. The van der Waals surface area contributed by atoms with Crippen LogP contribution in [-0.4, -0.2) is 30.3 Å². The van der Waals surface area contributed by atoms with Crippen LogP contribution >= 0.6 is 0 Å². The number of halogens is 4. The minimum absolute atomic E-state index is 0.0109. The lowest BCUT2D eigenvalue weighted by Crippen LogP contribution is -2.12. The highest BCUT2D eigenvalue weighted by atomic mass is 32.2. The average molecular weight is 416 g/mol. The lowest BCUT2D eigenvalue weighted by Gasteiger charge is -2.08. The fraction of sp³-hybridized carbons (Fsp3) is 0.125. The van der Waals surface area contributed by atoms with Gasteiger partial charge in [-0.1, -0.05) is 0 Å². The number of nitrogens with two attached hydrogens (primary N) is 1. The van der Waals surface area contributed by atoms with Crippen molar-refractivity contribution in [3.63, 3.8) is 0 Å². The van der Waals surface area contributed by atoms with Crippen molar-refractivity contribution in [2.24, 2.45) is 5.14 Å². The van der Waals surface area contributed by atoms with Crippen LogP contribution in [0.25, 0.3) is 17.1 Å². The molecule has 0 aliphatic carbocycles. The third-order valence-electron chi connectivity index (χ3n) is 3.68. The van der Waals surface area contributed by atoms with E-state index in [1.54, 1.807) is 0 Å². The third kappa shape index (κ3) is 3.82. The van der Waals surface area contributed by atoms with E-state index in [-0.39, 0.29) is 27.7 Å². The molecule has 2 N–H and O–H groups in total. The van der Waals surface area contributed by atoms with E-state index in [9.17, 15) is 26.0 Å². The highest BCUT2D eigenvalue weighted by Crippen LogP contribution is 2.32. The summed E-state index contributed by atoms with van der Waals surface area (Å²) in [6.45, 7) is 0. The van der Waals surface area contributed by atoms with E-state index >= 15 is 0 Å². The molecule has 3 aromatic rings. The summed E-state index contributed by atoms with van der Waals surface area (Å²) in [7, 11) is -2.74. The van der Waals surface area contributed by atoms with Gasteiger partial charge in [0.15, 0.2) is 17.4 Å². The van der Waals surface area contributed by atoms with Gasteiger partial charge in [-0.3, -0.25) is 0 Å². The van der Waals surface area contributed by atoms with Gasteiger partial charge >= 0.3 is 6.18 Å². The van der Waals surface area contributed by atoms with Gasteiger partial charge in [0.2, 0.25) is 10.0 Å². The van der Waals surface area contributed by atoms with Crippen molar-refractivity contribution in [3.8, 4) is 22.8 Å². The predicted octanol–water partition coefficient (Wildman–Crippen LogP) is 2.75. The lowest BCUT2D eigenvalue weighted by atomic mass is 10.2. The van der Waals surface area contributed by atoms with Crippen molar-refractivity contribution in [2.75, 3.05) is 7.11 Å². The van der Waals surface area contributed by atoms with Crippen LogP contribution in [0.15, 0.2) is 47.4 Å². The molecule has 2 aromatic carbocycles. The Morgan fingerprint density at radius 2 is 1.75 bits per heavy atom. The maximum Gasteiger partial charge on any atom is 0.453 e. The molecule has 0 bridgehead atoms. The summed E-state index contributed by atoms with van der Waals surface area (Å²) in [5.74, 6) is -2.62. The molecule has 0 unspecified atom stereocenters. The summed E-state index contributed by atoms with van der Waals surface area (Å²) < 4.78 is 81.6. The van der Waals surface area contributed by atoms with Gasteiger partial charge in [-0.05, 0) is 42.5 Å². The number of methoxy groups -OCH3 is 1. The van der Waals surface area contributed by atoms with Crippen LogP contribution in [0.4, 0.5) is 17.6 Å². The fourth-order valence-electron chi connectivity index (χ4n) is 2.38. The van der Waals surface area contributed by atoms with Crippen LogP contribution < -0.4 is 9.88 Å². The largest absolute Gasteiger partial charge is 0.494 e. The Morgan fingerprint density at radius 1 is 1.11 bits per heavy atom. The van der Waals surface area contributed by atoms with Crippen LogP contribution in [0.1, 0.15) is 5.82 Å². The van der Waals surface area contributed by atoms with Crippen molar-refractivity contribution in [2.45, 2.75) is 11.1 Å². The van der Waals surface area contributed by atoms with Gasteiger partial charge in [-0.2, -0.15) is 13.2 Å². The molecule has 7 nitrogen and oxygen atoms in total. The standard InChI is InChI=1S/C16H12F4N4O3S/c1-27-13-7-2-9(8-12(13)17)14-22-15(16(18,19)20)23-24(14)10-3-5-11(6-4-10)28(21,25)26/h2-8H,1H3,(H2,21,25,26). The van der Waals surface area contributed by atoms with E-state index in [4.69, 9.17) is 9.88 Å². The highest BCUT2D eigenvalue weighted by molar-refractivity contribution is 7.89. The Bertz CT molecular complexity index is 1130. The first-order valence-corrected chi connectivity index (χ1v) is 9.07. The van der Waals surface area contributed by atoms with Crippen LogP contribution in [0.5, 0.6) is 5.75 Å². The summed E-state index contributed by atoms with van der Waals surface area (Å²) in [5.41, 5.74) is 0.0819. The molecule has 0 amide bonds. The molecule has 0 saturated heterocycles. The van der Waals surface area contributed by atoms with Crippen molar-refractivity contribution >= 4 is 10.0 Å². The highest BCUT2D eigenvalue weighted by Gasteiger charge is 2.37. The lowest BCUT2D eigenvalue weighted by molar-refractivity contribution is -0.144. The maximum atomic E-state index is 14.0. The van der Waals surface area contributed by atoms with Gasteiger partial charge in [-0.25, -0.2) is 27.6 Å². The number of benzene rings is 2. The van der Waals surface area contributed by atoms with Crippen LogP contribution in [0.2, 0.25) is 0 Å². The summed E-state index contributed by atoms with van der Waals surface area (Å²) in [6.07, 6.45) is -4.84. The maximum absolute atomic E-state index is 14.0. The van der Waals surface area contributed by atoms with E-state index in [1.165, 1.54) is 31.4 Å². The number of ether oxygens (including phenoxy) is 1. The molecule has 1 aromatic heterocycles.